The average molecular weight is 297 g/mol. The summed E-state index contributed by atoms with van der Waals surface area (Å²) in [6.45, 7) is 5.09. The van der Waals surface area contributed by atoms with E-state index in [-0.39, 0.29) is 0 Å². The zero-order valence-electron chi connectivity index (χ0n) is 14.3. The second kappa shape index (κ2) is 13.1. The molecule has 1 aromatic rings. The van der Waals surface area contributed by atoms with Crippen molar-refractivity contribution >= 4 is 6.21 Å². The molecule has 22 heavy (non-hydrogen) atoms. The van der Waals surface area contributed by atoms with Crippen LogP contribution >= 0.6 is 0 Å². The van der Waals surface area contributed by atoms with Crippen LogP contribution in [0.15, 0.2) is 59.1 Å². The van der Waals surface area contributed by atoms with Crippen molar-refractivity contribution in [3.05, 3.63) is 59.7 Å². The molecule has 0 N–H and O–H groups in total. The Kier molecular flexibility index (Phi) is 10.9. The maximum absolute atomic E-state index is 4.47. The van der Waals surface area contributed by atoms with Gasteiger partial charge < -0.3 is 0 Å². The third kappa shape index (κ3) is 10.1. The van der Waals surface area contributed by atoms with Gasteiger partial charge in [0.15, 0.2) is 0 Å². The number of hydrogen-bond acceptors (Lipinski definition) is 1. The summed E-state index contributed by atoms with van der Waals surface area (Å²) in [6.07, 6.45) is 17.3. The molecule has 0 bridgehead atoms. The Labute approximate surface area is 136 Å². The quantitative estimate of drug-likeness (QED) is 0.263. The molecular formula is C21H31N. The van der Waals surface area contributed by atoms with Gasteiger partial charge in [-0.2, -0.15) is 0 Å². The van der Waals surface area contributed by atoms with Gasteiger partial charge in [-0.05, 0) is 44.2 Å². The third-order valence-electron chi connectivity index (χ3n) is 3.69. The fourth-order valence-electron chi connectivity index (χ4n) is 2.38. The first-order valence-electron chi connectivity index (χ1n) is 8.66. The second-order valence-electron chi connectivity index (χ2n) is 5.83. The number of aliphatic imine (C=N–C) groups is 1. The smallest absolute Gasteiger partial charge is 0.0389 e. The number of nitrogens with zero attached hydrogens (tertiary/aromatic N) is 1. The fourth-order valence-corrected chi connectivity index (χ4v) is 2.38. The van der Waals surface area contributed by atoms with Gasteiger partial charge in [0.25, 0.3) is 0 Å². The van der Waals surface area contributed by atoms with E-state index < -0.39 is 0 Å². The van der Waals surface area contributed by atoms with Crippen molar-refractivity contribution in [2.24, 2.45) is 4.99 Å². The first-order valence-corrected chi connectivity index (χ1v) is 8.66. The van der Waals surface area contributed by atoms with Crippen LogP contribution in [0.5, 0.6) is 0 Å². The molecule has 1 rings (SSSR count). The van der Waals surface area contributed by atoms with Gasteiger partial charge in [-0.3, -0.25) is 4.99 Å². The molecule has 0 aliphatic heterocycles. The van der Waals surface area contributed by atoms with Gasteiger partial charge >= 0.3 is 0 Å². The van der Waals surface area contributed by atoms with E-state index in [0.717, 1.165) is 6.54 Å². The zero-order chi connectivity index (χ0) is 15.9. The molecule has 1 heteroatoms. The Balaban J connectivity index is 1.92. The molecule has 0 heterocycles. The Morgan fingerprint density at radius 3 is 2.36 bits per heavy atom. The fraction of sp³-hybridized carbons (Fsp3) is 0.476. The minimum Gasteiger partial charge on any atom is -0.293 e. The van der Waals surface area contributed by atoms with Crippen molar-refractivity contribution in [1.29, 1.82) is 0 Å². The van der Waals surface area contributed by atoms with Crippen molar-refractivity contribution < 1.29 is 0 Å². The van der Waals surface area contributed by atoms with Crippen LogP contribution in [0.25, 0.3) is 0 Å². The summed E-state index contributed by atoms with van der Waals surface area (Å²) < 4.78 is 0. The van der Waals surface area contributed by atoms with Gasteiger partial charge in [0, 0.05) is 12.8 Å². The predicted molar refractivity (Wildman–Crippen MR) is 99.8 cm³/mol. The van der Waals surface area contributed by atoms with E-state index in [1.54, 1.807) is 0 Å². The lowest BCUT2D eigenvalue weighted by Crippen LogP contribution is -1.87. The molecule has 1 aromatic carbocycles. The zero-order valence-corrected chi connectivity index (χ0v) is 14.3. The molecule has 0 saturated heterocycles. The lowest BCUT2D eigenvalue weighted by atomic mass is 10.1. The molecule has 0 saturated carbocycles. The Morgan fingerprint density at radius 2 is 1.64 bits per heavy atom. The lowest BCUT2D eigenvalue weighted by Gasteiger charge is -2.02. The molecule has 0 aromatic heterocycles. The summed E-state index contributed by atoms with van der Waals surface area (Å²) in [4.78, 5) is 4.47. The van der Waals surface area contributed by atoms with Crippen molar-refractivity contribution in [3.63, 3.8) is 0 Å². The van der Waals surface area contributed by atoms with Crippen LogP contribution in [-0.2, 0) is 6.42 Å². The molecule has 0 amide bonds. The molecule has 0 spiro atoms. The van der Waals surface area contributed by atoms with Gasteiger partial charge in [0.1, 0.15) is 0 Å². The molecule has 1 nitrogen and oxygen atoms in total. The van der Waals surface area contributed by atoms with E-state index in [1.807, 2.05) is 19.2 Å². The minimum atomic E-state index is 0.963. The van der Waals surface area contributed by atoms with Crippen LogP contribution < -0.4 is 0 Å². The largest absolute Gasteiger partial charge is 0.293 e. The highest BCUT2D eigenvalue weighted by atomic mass is 14.7. The maximum Gasteiger partial charge on any atom is 0.0389 e. The molecule has 0 aliphatic rings. The summed E-state index contributed by atoms with van der Waals surface area (Å²) in [7, 11) is 0. The third-order valence-corrected chi connectivity index (χ3v) is 3.69. The molecular weight excluding hydrogens is 266 g/mol. The van der Waals surface area contributed by atoms with E-state index >= 15 is 0 Å². The maximum atomic E-state index is 4.47. The Morgan fingerprint density at radius 1 is 0.955 bits per heavy atom. The highest BCUT2D eigenvalue weighted by Crippen LogP contribution is 2.09. The summed E-state index contributed by atoms with van der Waals surface area (Å²) in [6, 6.07) is 10.8. The number of hydrogen-bond donors (Lipinski definition) is 0. The van der Waals surface area contributed by atoms with Gasteiger partial charge in [-0.15, -0.1) is 0 Å². The number of aryl methyl sites for hydroxylation is 1. The topological polar surface area (TPSA) is 12.4 Å². The average Bonchev–Trinajstić information content (AvgIpc) is 2.55. The Hall–Kier alpha value is -1.63. The molecule has 0 atom stereocenters. The van der Waals surface area contributed by atoms with E-state index in [9.17, 15) is 0 Å². The number of benzene rings is 1. The second-order valence-corrected chi connectivity index (χ2v) is 5.83. The molecule has 0 radical (unpaired) electrons. The van der Waals surface area contributed by atoms with Gasteiger partial charge in [-0.25, -0.2) is 0 Å². The van der Waals surface area contributed by atoms with Crippen molar-refractivity contribution in [3.8, 4) is 0 Å². The summed E-state index contributed by atoms with van der Waals surface area (Å²) >= 11 is 0. The first-order chi connectivity index (χ1) is 10.8. The number of unbranched alkanes of at least 4 members (excludes halogenated alkanes) is 5. The number of rotatable bonds is 11. The van der Waals surface area contributed by atoms with Crippen LogP contribution in [-0.4, -0.2) is 12.8 Å². The van der Waals surface area contributed by atoms with Crippen LogP contribution in [0, 0.1) is 0 Å². The number of allylic oxidation sites excluding steroid dienone is 4. The van der Waals surface area contributed by atoms with Crippen LogP contribution in [0.4, 0.5) is 0 Å². The summed E-state index contributed by atoms with van der Waals surface area (Å²) in [5.41, 5.74) is 2.69. The standard InChI is InChI=1S/C21H31N/c1-3-4-14-20(2)19-22-18-13-8-6-5-7-10-15-21-16-11-9-12-17-21/h3-4,9,11-12,14,16-17,19H,5-8,10,13,15,18H2,1-2H3/b4-3-,20-14-,22-19+. The lowest BCUT2D eigenvalue weighted by molar-refractivity contribution is 0.598. The Bertz CT molecular complexity index is 454. The van der Waals surface area contributed by atoms with Gasteiger partial charge in [0.05, 0.1) is 0 Å². The van der Waals surface area contributed by atoms with E-state index in [0.29, 0.717) is 0 Å². The van der Waals surface area contributed by atoms with Crippen LogP contribution in [0.2, 0.25) is 0 Å². The van der Waals surface area contributed by atoms with Gasteiger partial charge in [0.2, 0.25) is 0 Å². The SMILES string of the molecule is C\C=C/C=C(C)\C=N\CCCCCCCCc1ccccc1. The molecule has 0 fully saturated rings. The molecule has 0 unspecified atom stereocenters. The van der Waals surface area contributed by atoms with Gasteiger partial charge in [-0.1, -0.05) is 74.2 Å². The van der Waals surface area contributed by atoms with E-state index in [4.69, 9.17) is 0 Å². The monoisotopic (exact) mass is 297 g/mol. The highest BCUT2D eigenvalue weighted by molar-refractivity contribution is 5.78. The van der Waals surface area contributed by atoms with Crippen molar-refractivity contribution in [2.75, 3.05) is 6.54 Å². The highest BCUT2D eigenvalue weighted by Gasteiger charge is 1.93. The van der Waals surface area contributed by atoms with E-state index in [2.05, 4.69) is 54.4 Å². The summed E-state index contributed by atoms with van der Waals surface area (Å²) in [5, 5.41) is 0. The minimum absolute atomic E-state index is 0.963. The van der Waals surface area contributed by atoms with Crippen molar-refractivity contribution in [2.45, 2.75) is 58.8 Å². The predicted octanol–water partition coefficient (Wildman–Crippen LogP) is 6.16. The van der Waals surface area contributed by atoms with Crippen LogP contribution in [0.3, 0.4) is 0 Å². The molecule has 0 aliphatic carbocycles. The first kappa shape index (κ1) is 18.4. The van der Waals surface area contributed by atoms with E-state index in [1.165, 1.54) is 56.1 Å². The normalized spacial score (nSPS) is 12.5. The molecule has 120 valence electrons. The van der Waals surface area contributed by atoms with Crippen molar-refractivity contribution in [1.82, 2.24) is 0 Å². The van der Waals surface area contributed by atoms with Crippen LogP contribution in [0.1, 0.15) is 57.9 Å². The summed E-state index contributed by atoms with van der Waals surface area (Å²) in [5.74, 6) is 0.